The first-order valence-electron chi connectivity index (χ1n) is 9.29. The number of nitrogens with one attached hydrogen (secondary N) is 1. The molecule has 140 valence electrons. The Hall–Kier alpha value is -2.47. The molecule has 1 N–H and O–H groups in total. The summed E-state index contributed by atoms with van der Waals surface area (Å²) in [7, 11) is 0. The molecule has 0 saturated carbocycles. The number of amides is 1. The lowest BCUT2D eigenvalue weighted by molar-refractivity contribution is -0.116. The maximum Gasteiger partial charge on any atom is 0.262 e. The topological polar surface area (TPSA) is 64.0 Å². The SMILES string of the molecule is Cc1cccc(NC(=O)Cn2cnc3sc4c(c3c2=O)CC[C@H](C)C4)c1C. The third kappa shape index (κ3) is 3.30. The van der Waals surface area contributed by atoms with Crippen LogP contribution in [-0.4, -0.2) is 15.5 Å². The number of hydrogen-bond acceptors (Lipinski definition) is 4. The number of aryl methyl sites for hydroxylation is 2. The van der Waals surface area contributed by atoms with E-state index in [1.807, 2.05) is 32.0 Å². The fourth-order valence-electron chi connectivity index (χ4n) is 3.71. The Balaban J connectivity index is 1.62. The number of aromatic nitrogens is 2. The van der Waals surface area contributed by atoms with Gasteiger partial charge in [0, 0.05) is 10.6 Å². The Labute approximate surface area is 162 Å². The molecule has 0 saturated heterocycles. The van der Waals surface area contributed by atoms with Crippen LogP contribution in [0.5, 0.6) is 0 Å². The second-order valence-electron chi connectivity index (χ2n) is 7.51. The Morgan fingerprint density at radius 2 is 2.19 bits per heavy atom. The average molecular weight is 382 g/mol. The number of carbonyl (C=O) groups is 1. The van der Waals surface area contributed by atoms with E-state index < -0.39 is 0 Å². The van der Waals surface area contributed by atoms with Gasteiger partial charge in [-0.1, -0.05) is 19.1 Å². The zero-order valence-electron chi connectivity index (χ0n) is 15.8. The van der Waals surface area contributed by atoms with Crippen molar-refractivity contribution in [1.29, 1.82) is 0 Å². The van der Waals surface area contributed by atoms with Crippen LogP contribution in [0.3, 0.4) is 0 Å². The zero-order chi connectivity index (χ0) is 19.1. The summed E-state index contributed by atoms with van der Waals surface area (Å²) >= 11 is 1.63. The first kappa shape index (κ1) is 17.9. The molecule has 2 aromatic heterocycles. The third-order valence-corrected chi connectivity index (χ3v) is 6.64. The molecule has 1 atom stereocenters. The molecule has 5 nitrogen and oxygen atoms in total. The van der Waals surface area contributed by atoms with Crippen LogP contribution in [0.1, 0.15) is 34.9 Å². The van der Waals surface area contributed by atoms with E-state index >= 15 is 0 Å². The maximum absolute atomic E-state index is 13.0. The van der Waals surface area contributed by atoms with Crippen LogP contribution in [-0.2, 0) is 24.2 Å². The minimum atomic E-state index is -0.218. The van der Waals surface area contributed by atoms with Gasteiger partial charge in [-0.05, 0) is 61.8 Å². The van der Waals surface area contributed by atoms with Crippen LogP contribution in [0.25, 0.3) is 10.2 Å². The molecular weight excluding hydrogens is 358 g/mol. The van der Waals surface area contributed by atoms with Gasteiger partial charge in [-0.2, -0.15) is 0 Å². The Kier molecular flexibility index (Phi) is 4.60. The lowest BCUT2D eigenvalue weighted by atomic mass is 9.89. The number of anilines is 1. The van der Waals surface area contributed by atoms with E-state index in [0.29, 0.717) is 11.3 Å². The Morgan fingerprint density at radius 1 is 1.37 bits per heavy atom. The summed E-state index contributed by atoms with van der Waals surface area (Å²) in [6.45, 7) is 6.20. The van der Waals surface area contributed by atoms with Gasteiger partial charge in [-0.15, -0.1) is 11.3 Å². The normalized spacial score (nSPS) is 16.3. The molecule has 1 aromatic carbocycles. The number of nitrogens with zero attached hydrogens (tertiary/aromatic N) is 2. The van der Waals surface area contributed by atoms with Crippen molar-refractivity contribution in [2.75, 3.05) is 5.32 Å². The molecule has 1 amide bonds. The largest absolute Gasteiger partial charge is 0.324 e. The summed E-state index contributed by atoms with van der Waals surface area (Å²) in [6.07, 6.45) is 4.54. The molecule has 3 aromatic rings. The predicted molar refractivity (Wildman–Crippen MR) is 110 cm³/mol. The van der Waals surface area contributed by atoms with E-state index in [4.69, 9.17) is 0 Å². The van der Waals surface area contributed by atoms with Crippen LogP contribution in [0, 0.1) is 19.8 Å². The quantitative estimate of drug-likeness (QED) is 0.750. The Morgan fingerprint density at radius 3 is 3.00 bits per heavy atom. The molecule has 0 spiro atoms. The third-order valence-electron chi connectivity index (χ3n) is 5.47. The summed E-state index contributed by atoms with van der Waals surface area (Å²) in [5, 5.41) is 3.62. The van der Waals surface area contributed by atoms with Crippen LogP contribution >= 0.6 is 11.3 Å². The standard InChI is InChI=1S/C21H23N3O2S/c1-12-7-8-15-17(9-12)27-20-19(15)21(26)24(11-22-20)10-18(25)23-16-6-4-5-13(2)14(16)3/h4-6,11-12H,7-10H2,1-3H3,(H,23,25)/t12-/m0/s1. The van der Waals surface area contributed by atoms with Crippen molar-refractivity contribution < 1.29 is 4.79 Å². The lowest BCUT2D eigenvalue weighted by Gasteiger charge is -2.17. The first-order chi connectivity index (χ1) is 12.9. The molecule has 0 unspecified atom stereocenters. The molecule has 4 rings (SSSR count). The molecule has 0 aliphatic heterocycles. The van der Waals surface area contributed by atoms with Crippen LogP contribution in [0.4, 0.5) is 5.69 Å². The molecule has 0 fully saturated rings. The van der Waals surface area contributed by atoms with E-state index in [2.05, 4.69) is 17.2 Å². The molecule has 6 heteroatoms. The van der Waals surface area contributed by atoms with Crippen molar-refractivity contribution in [3.8, 4) is 0 Å². The van der Waals surface area contributed by atoms with Crippen molar-refractivity contribution >= 4 is 33.1 Å². The minimum absolute atomic E-state index is 0.0316. The molecule has 27 heavy (non-hydrogen) atoms. The van der Waals surface area contributed by atoms with Gasteiger partial charge in [-0.3, -0.25) is 14.2 Å². The highest BCUT2D eigenvalue weighted by molar-refractivity contribution is 7.18. The van der Waals surface area contributed by atoms with Gasteiger partial charge < -0.3 is 5.32 Å². The van der Waals surface area contributed by atoms with E-state index in [0.717, 1.165) is 46.5 Å². The van der Waals surface area contributed by atoms with E-state index in [1.54, 1.807) is 11.3 Å². The number of benzene rings is 1. The molecule has 0 radical (unpaired) electrons. The van der Waals surface area contributed by atoms with E-state index in [-0.39, 0.29) is 18.0 Å². The molecule has 1 aliphatic carbocycles. The maximum atomic E-state index is 13.0. The van der Waals surface area contributed by atoms with Gasteiger partial charge >= 0.3 is 0 Å². The zero-order valence-corrected chi connectivity index (χ0v) is 16.7. The Bertz CT molecular complexity index is 1100. The highest BCUT2D eigenvalue weighted by atomic mass is 32.1. The first-order valence-corrected chi connectivity index (χ1v) is 10.1. The average Bonchev–Trinajstić information content (AvgIpc) is 2.99. The van der Waals surface area contributed by atoms with Gasteiger partial charge in [0.1, 0.15) is 11.4 Å². The molecular formula is C21H23N3O2S. The van der Waals surface area contributed by atoms with Crippen molar-refractivity contribution in [2.45, 2.75) is 46.6 Å². The van der Waals surface area contributed by atoms with Crippen LogP contribution in [0.2, 0.25) is 0 Å². The number of rotatable bonds is 3. The van der Waals surface area contributed by atoms with Gasteiger partial charge in [0.05, 0.1) is 11.7 Å². The van der Waals surface area contributed by atoms with Gasteiger partial charge in [0.2, 0.25) is 5.91 Å². The number of carbonyl (C=O) groups excluding carboxylic acids is 1. The number of hydrogen-bond donors (Lipinski definition) is 1. The summed E-state index contributed by atoms with van der Waals surface area (Å²) in [5.41, 5.74) is 3.97. The van der Waals surface area contributed by atoms with Crippen LogP contribution < -0.4 is 10.9 Å². The van der Waals surface area contributed by atoms with E-state index in [1.165, 1.54) is 15.8 Å². The van der Waals surface area contributed by atoms with Gasteiger partial charge in [-0.25, -0.2) is 4.98 Å². The van der Waals surface area contributed by atoms with Crippen molar-refractivity contribution in [3.63, 3.8) is 0 Å². The summed E-state index contributed by atoms with van der Waals surface area (Å²) in [5.74, 6) is 0.431. The molecule has 0 bridgehead atoms. The predicted octanol–water partition coefficient (Wildman–Crippen LogP) is 3.84. The number of thiophene rings is 1. The molecule has 2 heterocycles. The highest BCUT2D eigenvalue weighted by Crippen LogP contribution is 2.35. The second-order valence-corrected chi connectivity index (χ2v) is 8.59. The second kappa shape index (κ2) is 6.93. The van der Waals surface area contributed by atoms with Crippen LogP contribution in [0.15, 0.2) is 29.3 Å². The van der Waals surface area contributed by atoms with Gasteiger partial charge in [0.15, 0.2) is 0 Å². The highest BCUT2D eigenvalue weighted by Gasteiger charge is 2.23. The van der Waals surface area contributed by atoms with Crippen molar-refractivity contribution in [1.82, 2.24) is 9.55 Å². The fraction of sp³-hybridized carbons (Fsp3) is 0.381. The summed E-state index contributed by atoms with van der Waals surface area (Å²) < 4.78 is 1.42. The number of fused-ring (bicyclic) bond motifs is 3. The molecule has 1 aliphatic rings. The van der Waals surface area contributed by atoms with E-state index in [9.17, 15) is 9.59 Å². The minimum Gasteiger partial charge on any atom is -0.324 e. The van der Waals surface area contributed by atoms with Gasteiger partial charge in [0.25, 0.3) is 5.56 Å². The van der Waals surface area contributed by atoms with Crippen molar-refractivity contribution in [2.24, 2.45) is 5.92 Å². The lowest BCUT2D eigenvalue weighted by Crippen LogP contribution is -2.28. The fourth-order valence-corrected chi connectivity index (χ4v) is 5.05. The summed E-state index contributed by atoms with van der Waals surface area (Å²) in [4.78, 5) is 32.1. The monoisotopic (exact) mass is 381 g/mol. The smallest absolute Gasteiger partial charge is 0.262 e. The summed E-state index contributed by atoms with van der Waals surface area (Å²) in [6, 6.07) is 5.80. The van der Waals surface area contributed by atoms with Crippen molar-refractivity contribution in [3.05, 3.63) is 56.4 Å².